The second-order valence-corrected chi connectivity index (χ2v) is 4.98. The summed E-state index contributed by atoms with van der Waals surface area (Å²) in [7, 11) is 0. The van der Waals surface area contributed by atoms with Gasteiger partial charge in [-0.1, -0.05) is 23.7 Å². The highest BCUT2D eigenvalue weighted by Crippen LogP contribution is 2.33. The van der Waals surface area contributed by atoms with Crippen LogP contribution in [0.3, 0.4) is 0 Å². The van der Waals surface area contributed by atoms with Crippen LogP contribution >= 0.6 is 11.6 Å². The largest absolute Gasteiger partial charge is 0.506 e. The summed E-state index contributed by atoms with van der Waals surface area (Å²) in [5.74, 6) is 0.950. The number of nitrogens with one attached hydrogen (secondary N) is 1. The Morgan fingerprint density at radius 3 is 2.75 bits per heavy atom. The minimum absolute atomic E-state index is 0.278. The maximum absolute atomic E-state index is 9.96. The van der Waals surface area contributed by atoms with Gasteiger partial charge in [0.1, 0.15) is 5.75 Å². The molecular formula is C13H18ClNO. The molecule has 0 radical (unpaired) electrons. The minimum atomic E-state index is 0.278. The van der Waals surface area contributed by atoms with Crippen molar-refractivity contribution in [2.45, 2.75) is 26.2 Å². The predicted molar refractivity (Wildman–Crippen MR) is 67.2 cm³/mol. The van der Waals surface area contributed by atoms with Crippen molar-refractivity contribution in [3.63, 3.8) is 0 Å². The number of phenolic OH excluding ortho intramolecular Hbond substituents is 1. The van der Waals surface area contributed by atoms with Gasteiger partial charge in [0.25, 0.3) is 0 Å². The van der Waals surface area contributed by atoms with E-state index < -0.39 is 0 Å². The van der Waals surface area contributed by atoms with Gasteiger partial charge >= 0.3 is 0 Å². The summed E-state index contributed by atoms with van der Waals surface area (Å²) in [6, 6.07) is 3.98. The van der Waals surface area contributed by atoms with E-state index in [1.807, 2.05) is 19.1 Å². The van der Waals surface area contributed by atoms with Crippen LogP contribution in [-0.4, -0.2) is 18.2 Å². The molecule has 2 rings (SSSR count). The van der Waals surface area contributed by atoms with E-state index in [1.54, 1.807) is 0 Å². The number of piperidine rings is 1. The van der Waals surface area contributed by atoms with E-state index in [4.69, 9.17) is 11.6 Å². The summed E-state index contributed by atoms with van der Waals surface area (Å²) < 4.78 is 0. The number of aryl methyl sites for hydroxylation is 1. The fourth-order valence-electron chi connectivity index (χ4n) is 2.27. The zero-order chi connectivity index (χ0) is 11.5. The molecule has 1 heterocycles. The number of halogens is 1. The molecular weight excluding hydrogens is 222 g/mol. The second kappa shape index (κ2) is 5.07. The summed E-state index contributed by atoms with van der Waals surface area (Å²) in [4.78, 5) is 0. The van der Waals surface area contributed by atoms with Crippen LogP contribution in [0.2, 0.25) is 5.02 Å². The molecule has 0 bridgehead atoms. The first-order chi connectivity index (χ1) is 7.68. The average Bonchev–Trinajstić information content (AvgIpc) is 2.31. The summed E-state index contributed by atoms with van der Waals surface area (Å²) in [6.45, 7) is 4.09. The molecule has 0 atom stereocenters. The summed E-state index contributed by atoms with van der Waals surface area (Å²) in [5, 5.41) is 13.8. The van der Waals surface area contributed by atoms with Crippen molar-refractivity contribution in [2.24, 2.45) is 5.92 Å². The normalized spacial score (nSPS) is 17.6. The third kappa shape index (κ3) is 2.50. The van der Waals surface area contributed by atoms with Gasteiger partial charge in [0.2, 0.25) is 0 Å². The Balaban J connectivity index is 2.11. The van der Waals surface area contributed by atoms with Crippen molar-refractivity contribution < 1.29 is 5.11 Å². The van der Waals surface area contributed by atoms with Crippen LogP contribution in [0.4, 0.5) is 0 Å². The lowest BCUT2D eigenvalue weighted by atomic mass is 9.90. The van der Waals surface area contributed by atoms with Gasteiger partial charge in [0.05, 0.1) is 5.02 Å². The van der Waals surface area contributed by atoms with E-state index in [9.17, 15) is 5.11 Å². The Kier molecular flexibility index (Phi) is 3.72. The van der Waals surface area contributed by atoms with Crippen molar-refractivity contribution >= 4 is 11.6 Å². The van der Waals surface area contributed by atoms with E-state index in [1.165, 1.54) is 12.8 Å². The first-order valence-corrected chi connectivity index (χ1v) is 6.24. The lowest BCUT2D eigenvalue weighted by Gasteiger charge is -2.23. The molecule has 0 spiro atoms. The molecule has 88 valence electrons. The fourth-order valence-corrected chi connectivity index (χ4v) is 2.45. The molecule has 1 aliphatic rings. The SMILES string of the molecule is Cc1ccc(CC2CCNCC2)c(O)c1Cl. The van der Waals surface area contributed by atoms with Crippen molar-refractivity contribution in [3.05, 3.63) is 28.3 Å². The first kappa shape index (κ1) is 11.7. The number of phenols is 1. The molecule has 0 amide bonds. The molecule has 0 unspecified atom stereocenters. The Morgan fingerprint density at radius 2 is 2.06 bits per heavy atom. The smallest absolute Gasteiger partial charge is 0.137 e. The molecule has 3 heteroatoms. The van der Waals surface area contributed by atoms with Crippen LogP contribution < -0.4 is 5.32 Å². The Hall–Kier alpha value is -0.730. The highest BCUT2D eigenvalue weighted by atomic mass is 35.5. The van der Waals surface area contributed by atoms with E-state index in [2.05, 4.69) is 5.32 Å². The van der Waals surface area contributed by atoms with Crippen LogP contribution in [0, 0.1) is 12.8 Å². The molecule has 16 heavy (non-hydrogen) atoms. The maximum Gasteiger partial charge on any atom is 0.137 e. The van der Waals surface area contributed by atoms with Gasteiger partial charge in [0, 0.05) is 0 Å². The van der Waals surface area contributed by atoms with Gasteiger partial charge in [-0.2, -0.15) is 0 Å². The topological polar surface area (TPSA) is 32.3 Å². The first-order valence-electron chi connectivity index (χ1n) is 5.86. The monoisotopic (exact) mass is 239 g/mol. The predicted octanol–water partition coefficient (Wildman–Crippen LogP) is 2.90. The van der Waals surface area contributed by atoms with Crippen molar-refractivity contribution in [3.8, 4) is 5.75 Å². The van der Waals surface area contributed by atoms with Gasteiger partial charge in [-0.25, -0.2) is 0 Å². The zero-order valence-electron chi connectivity index (χ0n) is 9.59. The Bertz CT molecular complexity index is 372. The highest BCUT2D eigenvalue weighted by molar-refractivity contribution is 6.32. The van der Waals surface area contributed by atoms with E-state index >= 15 is 0 Å². The summed E-state index contributed by atoms with van der Waals surface area (Å²) >= 11 is 6.04. The molecule has 2 N–H and O–H groups in total. The zero-order valence-corrected chi connectivity index (χ0v) is 10.3. The average molecular weight is 240 g/mol. The van der Waals surface area contributed by atoms with Crippen LogP contribution in [0.15, 0.2) is 12.1 Å². The quantitative estimate of drug-likeness (QED) is 0.832. The van der Waals surface area contributed by atoms with Gasteiger partial charge in [-0.05, 0) is 56.3 Å². The van der Waals surface area contributed by atoms with Gasteiger partial charge in [0.15, 0.2) is 0 Å². The van der Waals surface area contributed by atoms with Gasteiger partial charge in [-0.15, -0.1) is 0 Å². The molecule has 1 fully saturated rings. The van der Waals surface area contributed by atoms with Crippen LogP contribution in [-0.2, 0) is 6.42 Å². The molecule has 0 saturated carbocycles. The number of hydrogen-bond acceptors (Lipinski definition) is 2. The fraction of sp³-hybridized carbons (Fsp3) is 0.538. The minimum Gasteiger partial charge on any atom is -0.506 e. The van der Waals surface area contributed by atoms with E-state index in [0.29, 0.717) is 10.9 Å². The maximum atomic E-state index is 9.96. The Morgan fingerprint density at radius 1 is 1.38 bits per heavy atom. The van der Waals surface area contributed by atoms with Crippen LogP contribution in [0.25, 0.3) is 0 Å². The molecule has 1 aliphatic heterocycles. The van der Waals surface area contributed by atoms with E-state index in [-0.39, 0.29) is 5.75 Å². The molecule has 2 nitrogen and oxygen atoms in total. The molecule has 1 aromatic rings. The molecule has 0 aromatic heterocycles. The number of rotatable bonds is 2. The number of benzene rings is 1. The molecule has 1 aromatic carbocycles. The number of hydrogen-bond donors (Lipinski definition) is 2. The van der Waals surface area contributed by atoms with Crippen molar-refractivity contribution in [1.29, 1.82) is 0 Å². The standard InChI is InChI=1S/C13H18ClNO/c1-9-2-3-11(13(16)12(9)14)8-10-4-6-15-7-5-10/h2-3,10,15-16H,4-8H2,1H3. The molecule has 0 aliphatic carbocycles. The third-order valence-corrected chi connectivity index (χ3v) is 3.84. The lowest BCUT2D eigenvalue weighted by molar-refractivity contribution is 0.366. The number of aromatic hydroxyl groups is 1. The Labute approximate surface area is 102 Å². The van der Waals surface area contributed by atoms with Gasteiger partial charge in [-0.3, -0.25) is 0 Å². The van der Waals surface area contributed by atoms with E-state index in [0.717, 1.165) is 30.6 Å². The molecule has 1 saturated heterocycles. The summed E-state index contributed by atoms with van der Waals surface area (Å²) in [6.07, 6.45) is 3.31. The highest BCUT2D eigenvalue weighted by Gasteiger charge is 2.16. The van der Waals surface area contributed by atoms with Crippen molar-refractivity contribution in [1.82, 2.24) is 5.32 Å². The van der Waals surface area contributed by atoms with Gasteiger partial charge < -0.3 is 10.4 Å². The summed E-state index contributed by atoms with van der Waals surface area (Å²) in [5.41, 5.74) is 1.93. The second-order valence-electron chi connectivity index (χ2n) is 4.60. The van der Waals surface area contributed by atoms with Crippen LogP contribution in [0.1, 0.15) is 24.0 Å². The third-order valence-electron chi connectivity index (χ3n) is 3.36. The lowest BCUT2D eigenvalue weighted by Crippen LogP contribution is -2.28. The van der Waals surface area contributed by atoms with Crippen molar-refractivity contribution in [2.75, 3.05) is 13.1 Å². The van der Waals surface area contributed by atoms with Crippen LogP contribution in [0.5, 0.6) is 5.75 Å².